The molecule has 12 heteroatoms. The minimum atomic E-state index is -3.65. The van der Waals surface area contributed by atoms with E-state index in [0.717, 1.165) is 73.6 Å². The number of rotatable bonds is 27. The second-order valence-corrected chi connectivity index (χ2v) is 17.5. The maximum absolute atomic E-state index is 14.4. The molecule has 55 heavy (non-hydrogen) atoms. The number of carbonyl (C=O) groups is 3. The number of unbranched alkanes of at least 4 members (excludes halogenated alkanes) is 12. The van der Waals surface area contributed by atoms with Crippen molar-refractivity contribution in [1.82, 2.24) is 10.6 Å². The average molecular weight is 789 g/mol. The Labute approximate surface area is 328 Å². The van der Waals surface area contributed by atoms with Crippen molar-refractivity contribution in [1.29, 1.82) is 0 Å². The van der Waals surface area contributed by atoms with Gasteiger partial charge in [0.05, 0.1) is 19.8 Å². The maximum atomic E-state index is 14.4. The molecule has 0 saturated carbocycles. The fourth-order valence-corrected chi connectivity index (χ4v) is 8.54. The lowest BCUT2D eigenvalue weighted by Crippen LogP contribution is -2.50. The van der Waals surface area contributed by atoms with Gasteiger partial charge in [-0.2, -0.15) is 0 Å². The van der Waals surface area contributed by atoms with E-state index in [0.29, 0.717) is 12.8 Å². The fraction of sp³-hybridized carbons (Fsp3) is 0.651. The van der Waals surface area contributed by atoms with Crippen LogP contribution < -0.4 is 10.6 Å². The number of benzene rings is 2. The molecule has 2 aromatic carbocycles. The molecule has 0 saturated heterocycles. The first-order chi connectivity index (χ1) is 26.4. The standard InChI is InChI=1S/C43H66FN2O8P/c1-6-52-55(50,53-7-2)39(44)29-19-17-15-13-11-9-8-10-12-14-16-18-20-30-40(47)46-38(41(48)54-43(3,4)5)31-45-42(49)51-32-37-35-27-23-21-25-33(35)34-26-22-24-28-36(34)37/h21-28,37-39H,6-20,29-32H2,1-5H3,(H,45,49)(H,46,47). The number of halogens is 1. The van der Waals surface area contributed by atoms with E-state index in [1.54, 1.807) is 34.6 Å². The molecule has 0 aromatic heterocycles. The van der Waals surface area contributed by atoms with Crippen LogP contribution in [0.2, 0.25) is 0 Å². The van der Waals surface area contributed by atoms with Crippen molar-refractivity contribution in [3.05, 3.63) is 59.7 Å². The third kappa shape index (κ3) is 16.4. The molecule has 0 aliphatic heterocycles. The number of nitrogens with one attached hydrogen (secondary N) is 2. The molecule has 0 fully saturated rings. The van der Waals surface area contributed by atoms with Crippen molar-refractivity contribution in [3.63, 3.8) is 0 Å². The van der Waals surface area contributed by atoms with Gasteiger partial charge < -0.3 is 29.2 Å². The van der Waals surface area contributed by atoms with Crippen LogP contribution in [0.15, 0.2) is 48.5 Å². The summed E-state index contributed by atoms with van der Waals surface area (Å²) in [5.41, 5.74) is 3.72. The monoisotopic (exact) mass is 788 g/mol. The summed E-state index contributed by atoms with van der Waals surface area (Å²) in [5, 5.41) is 5.42. The molecule has 2 N–H and O–H groups in total. The van der Waals surface area contributed by atoms with Crippen LogP contribution in [0.25, 0.3) is 11.1 Å². The van der Waals surface area contributed by atoms with Gasteiger partial charge in [0.15, 0.2) is 0 Å². The predicted octanol–water partition coefficient (Wildman–Crippen LogP) is 10.8. The molecule has 1 aliphatic rings. The Kier molecular flexibility index (Phi) is 20.4. The highest BCUT2D eigenvalue weighted by Crippen LogP contribution is 2.55. The van der Waals surface area contributed by atoms with Crippen LogP contribution in [0.5, 0.6) is 0 Å². The number of amides is 2. The summed E-state index contributed by atoms with van der Waals surface area (Å²) in [4.78, 5) is 38.6. The first-order valence-electron chi connectivity index (χ1n) is 20.5. The van der Waals surface area contributed by atoms with E-state index < -0.39 is 37.2 Å². The number of ether oxygens (including phenoxy) is 2. The zero-order chi connectivity index (χ0) is 40.1. The van der Waals surface area contributed by atoms with Gasteiger partial charge in [0.2, 0.25) is 11.8 Å². The average Bonchev–Trinajstić information content (AvgIpc) is 3.46. The highest BCUT2D eigenvalue weighted by atomic mass is 31.2. The van der Waals surface area contributed by atoms with Crippen LogP contribution in [0, 0.1) is 0 Å². The second-order valence-electron chi connectivity index (χ2n) is 15.3. The largest absolute Gasteiger partial charge is 0.458 e. The lowest BCUT2D eigenvalue weighted by Gasteiger charge is -2.25. The van der Waals surface area contributed by atoms with Gasteiger partial charge >= 0.3 is 19.7 Å². The Morgan fingerprint density at radius 1 is 0.745 bits per heavy atom. The lowest BCUT2D eigenvalue weighted by molar-refractivity contribution is -0.158. The number of esters is 1. The zero-order valence-corrected chi connectivity index (χ0v) is 34.8. The molecule has 2 aromatic rings. The predicted molar refractivity (Wildman–Crippen MR) is 216 cm³/mol. The van der Waals surface area contributed by atoms with Crippen molar-refractivity contribution in [2.45, 2.75) is 154 Å². The molecule has 1 aliphatic carbocycles. The molecule has 3 rings (SSSR count). The molecule has 0 heterocycles. The van der Waals surface area contributed by atoms with Gasteiger partial charge in [0, 0.05) is 12.3 Å². The quantitative estimate of drug-likeness (QED) is 0.0520. The van der Waals surface area contributed by atoms with Gasteiger partial charge in [0.25, 0.3) is 0 Å². The van der Waals surface area contributed by atoms with Crippen LogP contribution in [-0.4, -0.2) is 61.9 Å². The summed E-state index contributed by atoms with van der Waals surface area (Å²) in [7, 11) is -3.65. The molecule has 2 atom stereocenters. The maximum Gasteiger partial charge on any atom is 0.407 e. The van der Waals surface area contributed by atoms with Crippen molar-refractivity contribution in [3.8, 4) is 11.1 Å². The first-order valence-corrected chi connectivity index (χ1v) is 22.1. The highest BCUT2D eigenvalue weighted by Gasteiger charge is 2.35. The van der Waals surface area contributed by atoms with Crippen LogP contribution in [0.4, 0.5) is 9.18 Å². The van der Waals surface area contributed by atoms with Crippen LogP contribution in [0.1, 0.15) is 148 Å². The Hall–Kier alpha value is -3.27. The van der Waals surface area contributed by atoms with Gasteiger partial charge in [-0.05, 0) is 76.1 Å². The summed E-state index contributed by atoms with van der Waals surface area (Å²) in [6.07, 6.45) is 13.3. The normalized spacial score (nSPS) is 13.8. The summed E-state index contributed by atoms with van der Waals surface area (Å²) in [5.74, 6) is -2.52. The van der Waals surface area contributed by atoms with Crippen molar-refractivity contribution < 1.29 is 41.9 Å². The second kappa shape index (κ2) is 24.4. The first kappa shape index (κ1) is 46.1. The SMILES string of the molecule is CCOP(=O)(OCC)C(F)CCCCCCCCCCCCCCCC(=O)NC(CNC(=O)OCC1c2ccccc2-c2ccccc21)C(=O)OC(C)(C)C. The topological polar surface area (TPSA) is 129 Å². The summed E-state index contributed by atoms with van der Waals surface area (Å²) >= 11 is 0. The zero-order valence-electron chi connectivity index (χ0n) is 33.9. The Bertz CT molecular complexity index is 1460. The molecular formula is C43H66FN2O8P. The third-order valence-corrected chi connectivity index (χ3v) is 11.8. The van der Waals surface area contributed by atoms with E-state index in [-0.39, 0.29) is 51.0 Å². The van der Waals surface area contributed by atoms with Gasteiger partial charge in [-0.15, -0.1) is 0 Å². The van der Waals surface area contributed by atoms with E-state index in [1.807, 2.05) is 36.4 Å². The van der Waals surface area contributed by atoms with E-state index in [9.17, 15) is 23.3 Å². The van der Waals surface area contributed by atoms with Crippen LogP contribution in [0.3, 0.4) is 0 Å². The van der Waals surface area contributed by atoms with E-state index in [4.69, 9.17) is 18.5 Å². The Morgan fingerprint density at radius 3 is 1.71 bits per heavy atom. The molecule has 0 spiro atoms. The van der Waals surface area contributed by atoms with E-state index in [1.165, 1.54) is 19.3 Å². The van der Waals surface area contributed by atoms with Gasteiger partial charge in [0.1, 0.15) is 18.2 Å². The van der Waals surface area contributed by atoms with Gasteiger partial charge in [-0.3, -0.25) is 9.36 Å². The molecule has 2 unspecified atom stereocenters. The molecular weight excluding hydrogens is 722 g/mol. The molecule has 308 valence electrons. The van der Waals surface area contributed by atoms with Crippen molar-refractivity contribution in [2.75, 3.05) is 26.4 Å². The summed E-state index contributed by atoms with van der Waals surface area (Å²) in [6, 6.07) is 15.2. The Balaban J connectivity index is 1.26. The number of alkyl carbamates (subject to hydrolysis) is 1. The number of hydrogen-bond donors (Lipinski definition) is 2. The van der Waals surface area contributed by atoms with Crippen molar-refractivity contribution >= 4 is 25.6 Å². The number of hydrogen-bond acceptors (Lipinski definition) is 8. The minimum absolute atomic E-state index is 0.0889. The molecule has 0 radical (unpaired) electrons. The lowest BCUT2D eigenvalue weighted by atomic mass is 9.98. The molecule has 10 nitrogen and oxygen atoms in total. The molecule has 0 bridgehead atoms. The summed E-state index contributed by atoms with van der Waals surface area (Å²) in [6.45, 7) is 8.99. The number of carbonyl (C=O) groups excluding carboxylic acids is 3. The smallest absolute Gasteiger partial charge is 0.407 e. The van der Waals surface area contributed by atoms with Gasteiger partial charge in [-0.25, -0.2) is 14.0 Å². The minimum Gasteiger partial charge on any atom is -0.458 e. The number of fused-ring (bicyclic) bond motifs is 3. The van der Waals surface area contributed by atoms with Crippen LogP contribution in [-0.2, 0) is 32.7 Å². The highest BCUT2D eigenvalue weighted by molar-refractivity contribution is 7.54. The van der Waals surface area contributed by atoms with E-state index >= 15 is 0 Å². The van der Waals surface area contributed by atoms with Crippen molar-refractivity contribution in [2.24, 2.45) is 0 Å². The summed E-state index contributed by atoms with van der Waals surface area (Å²) < 4.78 is 48.2. The van der Waals surface area contributed by atoms with E-state index in [2.05, 4.69) is 22.8 Å². The number of alkyl halides is 1. The fourth-order valence-electron chi connectivity index (χ4n) is 6.93. The van der Waals surface area contributed by atoms with Crippen LogP contribution >= 0.6 is 7.60 Å². The Morgan fingerprint density at radius 2 is 1.22 bits per heavy atom. The third-order valence-electron chi connectivity index (χ3n) is 9.63. The van der Waals surface area contributed by atoms with Gasteiger partial charge in [-0.1, -0.05) is 119 Å². The molecule has 2 amide bonds.